The summed E-state index contributed by atoms with van der Waals surface area (Å²) in [6.45, 7) is 5.43. The third-order valence-corrected chi connectivity index (χ3v) is 2.92. The first-order valence-corrected chi connectivity index (χ1v) is 6.50. The summed E-state index contributed by atoms with van der Waals surface area (Å²) in [4.78, 5) is 24.9. The van der Waals surface area contributed by atoms with E-state index < -0.39 is 5.97 Å². The van der Waals surface area contributed by atoms with Gasteiger partial charge in [-0.3, -0.25) is 9.59 Å². The Kier molecular flexibility index (Phi) is 6.03. The maximum absolute atomic E-state index is 12.1. The Morgan fingerprint density at radius 1 is 1.25 bits per heavy atom. The van der Waals surface area contributed by atoms with Crippen LogP contribution in [0.25, 0.3) is 0 Å². The molecule has 1 aromatic rings. The van der Waals surface area contributed by atoms with Gasteiger partial charge < -0.3 is 14.4 Å². The molecular formula is C15H21NO4. The number of nitrogens with zero attached hydrogens (tertiary/aromatic N) is 1. The molecule has 5 nitrogen and oxygen atoms in total. The zero-order valence-electron chi connectivity index (χ0n) is 12.4. The fraction of sp³-hybridized carbons (Fsp3) is 0.467. The van der Waals surface area contributed by atoms with Crippen LogP contribution in [-0.2, 0) is 14.3 Å². The summed E-state index contributed by atoms with van der Waals surface area (Å²) in [5.74, 6) is -0.0146. The average molecular weight is 279 g/mol. The second-order valence-corrected chi connectivity index (χ2v) is 4.75. The second-order valence-electron chi connectivity index (χ2n) is 4.75. The number of carbonyl (C=O) groups is 2. The number of hydrogen-bond donors (Lipinski definition) is 0. The molecule has 0 N–H and O–H groups in total. The molecule has 5 heteroatoms. The largest absolute Gasteiger partial charge is 0.484 e. The van der Waals surface area contributed by atoms with Gasteiger partial charge in [-0.1, -0.05) is 18.2 Å². The Hall–Kier alpha value is -2.04. The van der Waals surface area contributed by atoms with E-state index in [0.717, 1.165) is 5.56 Å². The molecule has 0 unspecified atom stereocenters. The average Bonchev–Trinajstić information content (AvgIpc) is 2.42. The number of rotatable bonds is 6. The summed E-state index contributed by atoms with van der Waals surface area (Å²) in [6, 6.07) is 7.38. The van der Waals surface area contributed by atoms with Crippen molar-refractivity contribution < 1.29 is 19.1 Å². The third-order valence-electron chi connectivity index (χ3n) is 2.92. The van der Waals surface area contributed by atoms with Crippen molar-refractivity contribution in [2.75, 3.05) is 20.3 Å². The van der Waals surface area contributed by atoms with Gasteiger partial charge >= 0.3 is 5.97 Å². The fourth-order valence-electron chi connectivity index (χ4n) is 1.70. The SMILES string of the molecule is COC(=O)CN(C(=O)COc1ccccc1C)C(C)C. The van der Waals surface area contributed by atoms with Gasteiger partial charge in [0.1, 0.15) is 12.3 Å². The summed E-state index contributed by atoms with van der Waals surface area (Å²) in [7, 11) is 1.30. The van der Waals surface area contributed by atoms with Crippen LogP contribution in [-0.4, -0.2) is 43.1 Å². The normalized spacial score (nSPS) is 10.2. The van der Waals surface area contributed by atoms with Crippen LogP contribution in [0.4, 0.5) is 0 Å². The molecule has 1 aromatic carbocycles. The molecule has 110 valence electrons. The van der Waals surface area contributed by atoms with Crippen LogP contribution in [0.15, 0.2) is 24.3 Å². The van der Waals surface area contributed by atoms with E-state index in [1.54, 1.807) is 0 Å². The van der Waals surface area contributed by atoms with Crippen LogP contribution in [0.3, 0.4) is 0 Å². The molecule has 0 atom stereocenters. The summed E-state index contributed by atoms with van der Waals surface area (Å²) in [6.07, 6.45) is 0. The maximum atomic E-state index is 12.1. The molecular weight excluding hydrogens is 258 g/mol. The first kappa shape index (κ1) is 16.0. The molecule has 0 saturated heterocycles. The van der Waals surface area contributed by atoms with Gasteiger partial charge in [-0.05, 0) is 32.4 Å². The molecule has 0 aliphatic rings. The van der Waals surface area contributed by atoms with Crippen LogP contribution in [0.5, 0.6) is 5.75 Å². The van der Waals surface area contributed by atoms with Gasteiger partial charge in [0.25, 0.3) is 5.91 Å². The van der Waals surface area contributed by atoms with Crippen molar-refractivity contribution in [3.8, 4) is 5.75 Å². The highest BCUT2D eigenvalue weighted by Crippen LogP contribution is 2.16. The van der Waals surface area contributed by atoms with E-state index in [0.29, 0.717) is 5.75 Å². The number of amides is 1. The number of methoxy groups -OCH3 is 1. The summed E-state index contributed by atoms with van der Waals surface area (Å²) >= 11 is 0. The van der Waals surface area contributed by atoms with Crippen molar-refractivity contribution in [3.63, 3.8) is 0 Å². The van der Waals surface area contributed by atoms with Gasteiger partial charge in [0.2, 0.25) is 0 Å². The van der Waals surface area contributed by atoms with E-state index in [2.05, 4.69) is 4.74 Å². The topological polar surface area (TPSA) is 55.8 Å². The van der Waals surface area contributed by atoms with Crippen molar-refractivity contribution in [2.45, 2.75) is 26.8 Å². The molecule has 0 aliphatic carbocycles. The number of esters is 1. The van der Waals surface area contributed by atoms with Crippen LogP contribution in [0.1, 0.15) is 19.4 Å². The lowest BCUT2D eigenvalue weighted by atomic mass is 10.2. The van der Waals surface area contributed by atoms with Crippen molar-refractivity contribution in [2.24, 2.45) is 0 Å². The molecule has 0 spiro atoms. The van der Waals surface area contributed by atoms with Gasteiger partial charge in [0.15, 0.2) is 6.61 Å². The van der Waals surface area contributed by atoms with Crippen molar-refractivity contribution in [3.05, 3.63) is 29.8 Å². The lowest BCUT2D eigenvalue weighted by Gasteiger charge is -2.25. The predicted octanol–water partition coefficient (Wildman–Crippen LogP) is 1.78. The summed E-state index contributed by atoms with van der Waals surface area (Å²) in [5, 5.41) is 0. The van der Waals surface area contributed by atoms with Gasteiger partial charge in [0.05, 0.1) is 7.11 Å². The standard InChI is InChI=1S/C15H21NO4/c1-11(2)16(9-15(18)19-4)14(17)10-20-13-8-6-5-7-12(13)3/h5-8,11H,9-10H2,1-4H3. The Morgan fingerprint density at radius 2 is 1.90 bits per heavy atom. The lowest BCUT2D eigenvalue weighted by molar-refractivity contribution is -0.149. The van der Waals surface area contributed by atoms with Crippen molar-refractivity contribution in [1.29, 1.82) is 0 Å². The third kappa shape index (κ3) is 4.57. The Balaban J connectivity index is 2.63. The zero-order chi connectivity index (χ0) is 15.1. The first-order chi connectivity index (χ1) is 9.45. The Morgan fingerprint density at radius 3 is 2.45 bits per heavy atom. The Labute approximate surface area is 119 Å². The van der Waals surface area contributed by atoms with E-state index in [-0.39, 0.29) is 25.1 Å². The minimum atomic E-state index is -0.442. The summed E-state index contributed by atoms with van der Waals surface area (Å²) in [5.41, 5.74) is 0.962. The quantitative estimate of drug-likeness (QED) is 0.745. The maximum Gasteiger partial charge on any atom is 0.325 e. The van der Waals surface area contributed by atoms with E-state index in [1.165, 1.54) is 12.0 Å². The number of para-hydroxylation sites is 1. The lowest BCUT2D eigenvalue weighted by Crippen LogP contribution is -2.43. The molecule has 0 aromatic heterocycles. The molecule has 0 saturated carbocycles. The molecule has 0 bridgehead atoms. The van der Waals surface area contributed by atoms with Crippen LogP contribution in [0.2, 0.25) is 0 Å². The minimum absolute atomic E-state index is 0.0653. The van der Waals surface area contributed by atoms with E-state index in [1.807, 2.05) is 45.0 Å². The van der Waals surface area contributed by atoms with Gasteiger partial charge in [-0.15, -0.1) is 0 Å². The van der Waals surface area contributed by atoms with E-state index >= 15 is 0 Å². The smallest absolute Gasteiger partial charge is 0.325 e. The molecule has 0 aliphatic heterocycles. The minimum Gasteiger partial charge on any atom is -0.484 e. The van der Waals surface area contributed by atoms with Crippen LogP contribution in [0, 0.1) is 6.92 Å². The molecule has 0 fully saturated rings. The van der Waals surface area contributed by atoms with Crippen LogP contribution >= 0.6 is 0 Å². The number of hydrogen-bond acceptors (Lipinski definition) is 4. The van der Waals surface area contributed by atoms with E-state index in [9.17, 15) is 9.59 Å². The number of benzene rings is 1. The first-order valence-electron chi connectivity index (χ1n) is 6.50. The second kappa shape index (κ2) is 7.53. The van der Waals surface area contributed by atoms with Crippen molar-refractivity contribution in [1.82, 2.24) is 4.90 Å². The zero-order valence-corrected chi connectivity index (χ0v) is 12.4. The van der Waals surface area contributed by atoms with Gasteiger partial charge in [0, 0.05) is 6.04 Å². The Bertz CT molecular complexity index is 471. The highest BCUT2D eigenvalue weighted by atomic mass is 16.5. The highest BCUT2D eigenvalue weighted by molar-refractivity contribution is 5.83. The van der Waals surface area contributed by atoms with E-state index in [4.69, 9.17) is 4.74 Å². The monoisotopic (exact) mass is 279 g/mol. The molecule has 0 heterocycles. The predicted molar refractivity (Wildman–Crippen MR) is 75.5 cm³/mol. The molecule has 0 radical (unpaired) electrons. The number of aryl methyl sites for hydroxylation is 1. The van der Waals surface area contributed by atoms with Gasteiger partial charge in [-0.2, -0.15) is 0 Å². The number of carbonyl (C=O) groups excluding carboxylic acids is 2. The van der Waals surface area contributed by atoms with Gasteiger partial charge in [-0.25, -0.2) is 0 Å². The van der Waals surface area contributed by atoms with Crippen molar-refractivity contribution >= 4 is 11.9 Å². The summed E-state index contributed by atoms with van der Waals surface area (Å²) < 4.78 is 10.1. The number of ether oxygens (including phenoxy) is 2. The fourth-order valence-corrected chi connectivity index (χ4v) is 1.70. The molecule has 1 amide bonds. The molecule has 20 heavy (non-hydrogen) atoms. The highest BCUT2D eigenvalue weighted by Gasteiger charge is 2.21. The molecule has 1 rings (SSSR count). The van der Waals surface area contributed by atoms with Crippen LogP contribution < -0.4 is 4.74 Å².